The summed E-state index contributed by atoms with van der Waals surface area (Å²) < 4.78 is 23.5. The maximum Gasteiger partial charge on any atom is 0.185 e. The van der Waals surface area contributed by atoms with Crippen LogP contribution < -0.4 is 0 Å². The van der Waals surface area contributed by atoms with Crippen molar-refractivity contribution in [3.63, 3.8) is 0 Å². The van der Waals surface area contributed by atoms with Gasteiger partial charge in [0.1, 0.15) is 0 Å². The van der Waals surface area contributed by atoms with E-state index in [-0.39, 0.29) is 0 Å². The minimum absolute atomic E-state index is 0.401. The quantitative estimate of drug-likeness (QED) is 0.632. The van der Waals surface area contributed by atoms with Crippen LogP contribution in [0, 0.1) is 0 Å². The van der Waals surface area contributed by atoms with Crippen molar-refractivity contribution in [3.8, 4) is 0 Å². The topological polar surface area (TPSA) is 34.1 Å². The Morgan fingerprint density at radius 2 is 1.92 bits per heavy atom. The van der Waals surface area contributed by atoms with Gasteiger partial charge in [-0.1, -0.05) is 30.4 Å². The predicted molar refractivity (Wildman–Crippen MR) is 52.1 cm³/mol. The van der Waals surface area contributed by atoms with E-state index < -0.39 is 15.1 Å². The Kier molecular flexibility index (Phi) is 1.77. The standard InChI is InChI=1S/C10H10O2S/c1-8-6-7-9-4-2-3-5-10(9)13(8,11)12/h2-8H,1H3. The maximum atomic E-state index is 11.8. The van der Waals surface area contributed by atoms with Gasteiger partial charge in [0.05, 0.1) is 10.1 Å². The number of rotatable bonds is 0. The van der Waals surface area contributed by atoms with Crippen molar-refractivity contribution < 1.29 is 8.42 Å². The van der Waals surface area contributed by atoms with Gasteiger partial charge in [0.25, 0.3) is 0 Å². The van der Waals surface area contributed by atoms with Crippen molar-refractivity contribution in [2.45, 2.75) is 17.1 Å². The fraction of sp³-hybridized carbons (Fsp3) is 0.200. The minimum Gasteiger partial charge on any atom is -0.223 e. The third-order valence-corrected chi connectivity index (χ3v) is 4.38. The highest BCUT2D eigenvalue weighted by Crippen LogP contribution is 2.26. The normalized spacial score (nSPS) is 23.9. The number of fused-ring (bicyclic) bond motifs is 1. The molecule has 1 aliphatic rings. The molecule has 0 saturated heterocycles. The van der Waals surface area contributed by atoms with E-state index >= 15 is 0 Å². The van der Waals surface area contributed by atoms with Gasteiger partial charge >= 0.3 is 0 Å². The van der Waals surface area contributed by atoms with Gasteiger partial charge in [-0.25, -0.2) is 8.42 Å². The third-order valence-electron chi connectivity index (χ3n) is 2.26. The molecule has 1 heterocycles. The number of benzene rings is 1. The molecule has 2 rings (SSSR count). The van der Waals surface area contributed by atoms with Crippen molar-refractivity contribution in [2.24, 2.45) is 0 Å². The van der Waals surface area contributed by atoms with Crippen LogP contribution in [-0.4, -0.2) is 13.7 Å². The van der Waals surface area contributed by atoms with E-state index in [9.17, 15) is 8.42 Å². The Morgan fingerprint density at radius 3 is 2.69 bits per heavy atom. The molecule has 1 aliphatic heterocycles. The van der Waals surface area contributed by atoms with Crippen LogP contribution in [0.4, 0.5) is 0 Å². The van der Waals surface area contributed by atoms with E-state index in [4.69, 9.17) is 0 Å². The average molecular weight is 194 g/mol. The second-order valence-corrected chi connectivity index (χ2v) is 5.42. The minimum atomic E-state index is -3.11. The Hall–Kier alpha value is -1.09. The zero-order valence-corrected chi connectivity index (χ0v) is 8.08. The summed E-state index contributed by atoms with van der Waals surface area (Å²) in [4.78, 5) is 0.449. The first-order valence-electron chi connectivity index (χ1n) is 4.13. The first-order valence-corrected chi connectivity index (χ1v) is 5.68. The summed E-state index contributed by atoms with van der Waals surface area (Å²) in [6.45, 7) is 1.70. The van der Waals surface area contributed by atoms with Gasteiger partial charge in [-0.3, -0.25) is 0 Å². The van der Waals surface area contributed by atoms with E-state index in [0.29, 0.717) is 4.90 Å². The molecule has 68 valence electrons. The molecule has 1 atom stereocenters. The first kappa shape index (κ1) is 8.51. The molecule has 2 nitrogen and oxygen atoms in total. The molecule has 3 heteroatoms. The van der Waals surface area contributed by atoms with Crippen LogP contribution in [-0.2, 0) is 9.84 Å². The lowest BCUT2D eigenvalue weighted by molar-refractivity contribution is 0.590. The number of hydrogen-bond acceptors (Lipinski definition) is 2. The lowest BCUT2D eigenvalue weighted by atomic mass is 10.2. The SMILES string of the molecule is CC1C=Cc2ccccc2S1(=O)=O. The summed E-state index contributed by atoms with van der Waals surface area (Å²) in [5, 5.41) is -0.401. The lowest BCUT2D eigenvalue weighted by Crippen LogP contribution is -2.19. The molecule has 1 unspecified atom stereocenters. The molecule has 0 amide bonds. The van der Waals surface area contributed by atoms with E-state index in [1.165, 1.54) is 0 Å². The monoisotopic (exact) mass is 194 g/mol. The largest absolute Gasteiger partial charge is 0.223 e. The molecule has 0 fully saturated rings. The summed E-state index contributed by atoms with van der Waals surface area (Å²) in [5.41, 5.74) is 0.792. The van der Waals surface area contributed by atoms with Gasteiger partial charge in [0.15, 0.2) is 9.84 Å². The molecule has 1 aromatic rings. The molecule has 0 spiro atoms. The molecule has 0 aromatic heterocycles. The average Bonchev–Trinajstić information content (AvgIpc) is 2.13. The summed E-state index contributed by atoms with van der Waals surface area (Å²) >= 11 is 0. The molecule has 0 radical (unpaired) electrons. The van der Waals surface area contributed by atoms with Crippen LogP contribution in [0.5, 0.6) is 0 Å². The third kappa shape index (κ3) is 1.20. The van der Waals surface area contributed by atoms with Crippen molar-refractivity contribution in [3.05, 3.63) is 35.9 Å². The maximum absolute atomic E-state index is 11.8. The van der Waals surface area contributed by atoms with Gasteiger partial charge in [0, 0.05) is 0 Å². The molecule has 0 bridgehead atoms. The molecule has 0 saturated carbocycles. The van der Waals surface area contributed by atoms with Crippen molar-refractivity contribution in [1.29, 1.82) is 0 Å². The van der Waals surface area contributed by atoms with E-state index in [2.05, 4.69) is 0 Å². The second kappa shape index (κ2) is 2.70. The summed E-state index contributed by atoms with van der Waals surface area (Å²) in [5.74, 6) is 0. The number of sulfone groups is 1. The van der Waals surface area contributed by atoms with Crippen LogP contribution in [0.25, 0.3) is 6.08 Å². The fourth-order valence-corrected chi connectivity index (χ4v) is 2.84. The van der Waals surface area contributed by atoms with Crippen LogP contribution in [0.2, 0.25) is 0 Å². The molecular formula is C10H10O2S. The van der Waals surface area contributed by atoms with Crippen LogP contribution >= 0.6 is 0 Å². The molecule has 0 aliphatic carbocycles. The van der Waals surface area contributed by atoms with Gasteiger partial charge < -0.3 is 0 Å². The van der Waals surface area contributed by atoms with Crippen LogP contribution in [0.3, 0.4) is 0 Å². The number of hydrogen-bond donors (Lipinski definition) is 0. The van der Waals surface area contributed by atoms with Crippen molar-refractivity contribution in [1.82, 2.24) is 0 Å². The highest BCUT2D eigenvalue weighted by atomic mass is 32.2. The van der Waals surface area contributed by atoms with E-state index in [1.807, 2.05) is 18.2 Å². The lowest BCUT2D eigenvalue weighted by Gasteiger charge is -2.15. The summed E-state index contributed by atoms with van der Waals surface area (Å²) in [6, 6.07) is 7.07. The van der Waals surface area contributed by atoms with Gasteiger partial charge in [-0.15, -0.1) is 0 Å². The zero-order chi connectivity index (χ0) is 9.47. The van der Waals surface area contributed by atoms with E-state index in [0.717, 1.165) is 5.56 Å². The Bertz CT molecular complexity index is 458. The Labute approximate surface area is 77.8 Å². The molecule has 13 heavy (non-hydrogen) atoms. The fourth-order valence-electron chi connectivity index (χ4n) is 1.42. The smallest absolute Gasteiger partial charge is 0.185 e. The van der Waals surface area contributed by atoms with Crippen LogP contribution in [0.15, 0.2) is 35.2 Å². The molecule has 0 N–H and O–H groups in total. The highest BCUT2D eigenvalue weighted by Gasteiger charge is 2.25. The van der Waals surface area contributed by atoms with Gasteiger partial charge in [-0.05, 0) is 18.6 Å². The molecule has 1 aromatic carbocycles. The highest BCUT2D eigenvalue weighted by molar-refractivity contribution is 7.92. The van der Waals surface area contributed by atoms with E-state index in [1.54, 1.807) is 25.1 Å². The Balaban J connectivity index is 2.76. The van der Waals surface area contributed by atoms with Crippen molar-refractivity contribution in [2.75, 3.05) is 0 Å². The summed E-state index contributed by atoms with van der Waals surface area (Å²) in [6.07, 6.45) is 3.58. The predicted octanol–water partition coefficient (Wildman–Crippen LogP) is 1.88. The second-order valence-electron chi connectivity index (χ2n) is 3.15. The van der Waals surface area contributed by atoms with Gasteiger partial charge in [0.2, 0.25) is 0 Å². The first-order chi connectivity index (χ1) is 6.12. The van der Waals surface area contributed by atoms with Crippen molar-refractivity contribution >= 4 is 15.9 Å². The Morgan fingerprint density at radius 1 is 1.23 bits per heavy atom. The van der Waals surface area contributed by atoms with Crippen LogP contribution in [0.1, 0.15) is 12.5 Å². The van der Waals surface area contributed by atoms with Gasteiger partial charge in [-0.2, -0.15) is 0 Å². The molecular weight excluding hydrogens is 184 g/mol. The zero-order valence-electron chi connectivity index (χ0n) is 7.27. The summed E-state index contributed by atoms with van der Waals surface area (Å²) in [7, 11) is -3.11.